The van der Waals surface area contributed by atoms with E-state index in [-0.39, 0.29) is 19.1 Å². The smallest absolute Gasteiger partial charge is 0.354 e. The molecule has 2 amide bonds. The molecule has 1 atom stereocenters. The highest BCUT2D eigenvalue weighted by atomic mass is 35.5. The van der Waals surface area contributed by atoms with Crippen molar-refractivity contribution in [1.82, 2.24) is 14.2 Å². The second-order valence-corrected chi connectivity index (χ2v) is 12.2. The molecule has 0 N–H and O–H groups in total. The number of hydrogen-bond donors (Lipinski definition) is 0. The summed E-state index contributed by atoms with van der Waals surface area (Å²) < 4.78 is 65.3. The van der Waals surface area contributed by atoms with Crippen molar-refractivity contribution in [1.29, 1.82) is 0 Å². The summed E-state index contributed by atoms with van der Waals surface area (Å²) in [7, 11) is -3.24. The lowest BCUT2D eigenvalue weighted by atomic mass is 10.0. The molecule has 0 aliphatic carbocycles. The Morgan fingerprint density at radius 1 is 1.00 bits per heavy atom. The van der Waals surface area contributed by atoms with Crippen molar-refractivity contribution in [2.45, 2.75) is 18.8 Å². The van der Waals surface area contributed by atoms with Gasteiger partial charge in [-0.25, -0.2) is 18.2 Å². The maximum absolute atomic E-state index is 13.6. The third-order valence-corrected chi connectivity index (χ3v) is 8.65. The highest BCUT2D eigenvalue weighted by Gasteiger charge is 2.40. The van der Waals surface area contributed by atoms with Crippen molar-refractivity contribution in [2.75, 3.05) is 48.8 Å². The van der Waals surface area contributed by atoms with E-state index in [0.717, 1.165) is 17.7 Å². The van der Waals surface area contributed by atoms with E-state index in [0.29, 0.717) is 48.3 Å². The molecule has 1 unspecified atom stereocenters. The number of urea groups is 1. The minimum absolute atomic E-state index is 0.179. The molecule has 0 radical (unpaired) electrons. The highest BCUT2D eigenvalue weighted by molar-refractivity contribution is 7.88. The van der Waals surface area contributed by atoms with E-state index >= 15 is 0 Å². The Kier molecular flexibility index (Phi) is 7.68. The zero-order valence-corrected chi connectivity index (χ0v) is 23.1. The molecular weight excluding hydrogens is 567 g/mol. The van der Waals surface area contributed by atoms with Gasteiger partial charge in [0.15, 0.2) is 0 Å². The van der Waals surface area contributed by atoms with E-state index in [4.69, 9.17) is 11.6 Å². The Labute approximate surface area is 235 Å². The lowest BCUT2D eigenvalue weighted by Crippen LogP contribution is -2.48. The average molecular weight is 594 g/mol. The molecular formula is C27H27ClF3N5O3S. The molecule has 1 aromatic heterocycles. The van der Waals surface area contributed by atoms with Gasteiger partial charge in [0.05, 0.1) is 17.9 Å². The number of carbonyl (C=O) groups is 1. The van der Waals surface area contributed by atoms with Crippen LogP contribution in [-0.2, 0) is 22.7 Å². The van der Waals surface area contributed by atoms with Crippen molar-refractivity contribution in [2.24, 2.45) is 0 Å². The lowest BCUT2D eigenvalue weighted by molar-refractivity contribution is -0.137. The molecule has 2 aliphatic rings. The van der Waals surface area contributed by atoms with Crippen LogP contribution in [0.3, 0.4) is 0 Å². The molecule has 2 aromatic carbocycles. The molecule has 8 nitrogen and oxygen atoms in total. The highest BCUT2D eigenvalue weighted by Crippen LogP contribution is 2.38. The molecule has 2 aliphatic heterocycles. The number of rotatable bonds is 6. The van der Waals surface area contributed by atoms with Crippen LogP contribution in [-0.4, -0.2) is 67.6 Å². The number of carbonyl (C=O) groups excluding carboxylic acids is 1. The fraction of sp³-hybridized carbons (Fsp3) is 0.333. The van der Waals surface area contributed by atoms with E-state index in [1.165, 1.54) is 21.5 Å². The molecule has 2 saturated heterocycles. The fourth-order valence-electron chi connectivity index (χ4n) is 5.02. The molecule has 3 aromatic rings. The zero-order chi connectivity index (χ0) is 28.7. The van der Waals surface area contributed by atoms with Gasteiger partial charge < -0.3 is 9.80 Å². The number of aromatic nitrogens is 1. The van der Waals surface area contributed by atoms with Crippen LogP contribution in [0.1, 0.15) is 22.7 Å². The van der Waals surface area contributed by atoms with E-state index in [1.807, 2.05) is 17.0 Å². The first-order chi connectivity index (χ1) is 18.9. The third-order valence-electron chi connectivity index (χ3n) is 7.10. The minimum atomic E-state index is -4.51. The summed E-state index contributed by atoms with van der Waals surface area (Å²) in [5.74, 6) is 0.703. The van der Waals surface area contributed by atoms with Crippen LogP contribution in [0.2, 0.25) is 5.02 Å². The first-order valence-electron chi connectivity index (χ1n) is 12.6. The van der Waals surface area contributed by atoms with Crippen LogP contribution < -0.4 is 9.80 Å². The van der Waals surface area contributed by atoms with Crippen molar-refractivity contribution < 1.29 is 26.4 Å². The Morgan fingerprint density at radius 2 is 1.70 bits per heavy atom. The number of nitrogens with zero attached hydrogens (tertiary/aromatic N) is 5. The van der Waals surface area contributed by atoms with Gasteiger partial charge in [0.25, 0.3) is 0 Å². The predicted molar refractivity (Wildman–Crippen MR) is 147 cm³/mol. The van der Waals surface area contributed by atoms with Crippen molar-refractivity contribution in [3.8, 4) is 0 Å². The Hall–Kier alpha value is -3.35. The Bertz CT molecular complexity index is 1480. The van der Waals surface area contributed by atoms with Crippen LogP contribution in [0.15, 0.2) is 66.9 Å². The first kappa shape index (κ1) is 28.2. The van der Waals surface area contributed by atoms with E-state index < -0.39 is 27.8 Å². The zero-order valence-electron chi connectivity index (χ0n) is 21.6. The topological polar surface area (TPSA) is 77.1 Å². The number of sulfonamides is 1. The molecule has 5 rings (SSSR count). The Balaban J connectivity index is 1.35. The molecule has 13 heteroatoms. The van der Waals surface area contributed by atoms with E-state index in [9.17, 15) is 26.4 Å². The number of pyridine rings is 1. The second kappa shape index (κ2) is 10.9. The van der Waals surface area contributed by atoms with Crippen LogP contribution >= 0.6 is 11.6 Å². The normalized spacial score (nSPS) is 19.0. The SMILES string of the molecule is CS(=O)(=O)N1CCN(c2ccc(CN3CC(c4cccc(C(F)(F)F)c4)N(c4ccc(Cl)cc4)C3=O)cn2)CC1. The van der Waals surface area contributed by atoms with Gasteiger partial charge in [-0.3, -0.25) is 4.90 Å². The summed E-state index contributed by atoms with van der Waals surface area (Å²) in [6.07, 6.45) is -1.65. The monoisotopic (exact) mass is 593 g/mol. The number of anilines is 2. The number of piperazine rings is 1. The van der Waals surface area contributed by atoms with Gasteiger partial charge in [-0.2, -0.15) is 17.5 Å². The lowest BCUT2D eigenvalue weighted by Gasteiger charge is -2.34. The van der Waals surface area contributed by atoms with E-state index in [2.05, 4.69) is 4.98 Å². The maximum Gasteiger partial charge on any atom is 0.416 e. The number of amides is 2. The third kappa shape index (κ3) is 6.03. The number of benzene rings is 2. The average Bonchev–Trinajstić information content (AvgIpc) is 3.24. The van der Waals surface area contributed by atoms with E-state index in [1.54, 1.807) is 41.4 Å². The first-order valence-corrected chi connectivity index (χ1v) is 14.8. The summed E-state index contributed by atoms with van der Waals surface area (Å²) in [4.78, 5) is 23.2. The largest absolute Gasteiger partial charge is 0.416 e. The standard InChI is InChI=1S/C27H27ClF3N5O3S/c1-40(38,39)35-13-11-33(12-14-35)25-10-5-19(16-32-25)17-34-18-24(20-3-2-4-21(15-20)27(29,30)31)36(26(34)37)23-8-6-22(28)7-9-23/h2-10,15-16,24H,11-14,17-18H2,1H3. The van der Waals surface area contributed by atoms with Crippen LogP contribution in [0.4, 0.5) is 29.5 Å². The number of halogens is 4. The Morgan fingerprint density at radius 3 is 2.30 bits per heavy atom. The predicted octanol–water partition coefficient (Wildman–Crippen LogP) is 5.02. The van der Waals surface area contributed by atoms with Gasteiger partial charge in [0.2, 0.25) is 10.0 Å². The van der Waals surface area contributed by atoms with Gasteiger partial charge >= 0.3 is 12.2 Å². The maximum atomic E-state index is 13.6. The van der Waals surface area contributed by atoms with Gasteiger partial charge in [-0.15, -0.1) is 0 Å². The van der Waals surface area contributed by atoms with Crippen molar-refractivity contribution in [3.05, 3.63) is 88.6 Å². The van der Waals surface area contributed by atoms with Crippen LogP contribution in [0.5, 0.6) is 0 Å². The van der Waals surface area contributed by atoms with Crippen LogP contribution in [0, 0.1) is 0 Å². The molecule has 0 bridgehead atoms. The fourth-order valence-corrected chi connectivity index (χ4v) is 5.97. The summed E-state index contributed by atoms with van der Waals surface area (Å²) >= 11 is 6.03. The number of alkyl halides is 3. The van der Waals surface area contributed by atoms with Crippen molar-refractivity contribution >= 4 is 39.2 Å². The summed E-state index contributed by atoms with van der Waals surface area (Å²) in [6, 6.07) is 14.3. The minimum Gasteiger partial charge on any atom is -0.354 e. The van der Waals surface area contributed by atoms with Gasteiger partial charge in [0.1, 0.15) is 5.82 Å². The summed E-state index contributed by atoms with van der Waals surface area (Å²) in [5.41, 5.74) is 0.889. The molecule has 3 heterocycles. The van der Waals surface area contributed by atoms with Gasteiger partial charge in [-0.1, -0.05) is 29.8 Å². The van der Waals surface area contributed by atoms with Gasteiger partial charge in [0, 0.05) is 56.2 Å². The quantitative estimate of drug-likeness (QED) is 0.401. The molecule has 2 fully saturated rings. The number of hydrogen-bond acceptors (Lipinski definition) is 5. The van der Waals surface area contributed by atoms with Crippen molar-refractivity contribution in [3.63, 3.8) is 0 Å². The molecule has 0 spiro atoms. The summed E-state index contributed by atoms with van der Waals surface area (Å²) in [6.45, 7) is 2.17. The molecule has 212 valence electrons. The second-order valence-electron chi connectivity index (χ2n) is 9.82. The van der Waals surface area contributed by atoms with Crippen LogP contribution in [0.25, 0.3) is 0 Å². The molecule has 40 heavy (non-hydrogen) atoms. The summed E-state index contributed by atoms with van der Waals surface area (Å²) in [5, 5.41) is 0.478. The molecule has 0 saturated carbocycles. The van der Waals surface area contributed by atoms with Gasteiger partial charge in [-0.05, 0) is 53.6 Å².